The summed E-state index contributed by atoms with van der Waals surface area (Å²) in [4.78, 5) is 37.7. The number of nitrogens with two attached hydrogens (primary N) is 4. The third kappa shape index (κ3) is 11.1. The van der Waals surface area contributed by atoms with Crippen molar-refractivity contribution in [3.8, 4) is 44.8 Å². The van der Waals surface area contributed by atoms with Crippen molar-refractivity contribution in [2.45, 2.75) is 97.2 Å². The number of hydrogen-bond acceptors (Lipinski definition) is 20. The first-order chi connectivity index (χ1) is 39.9. The summed E-state index contributed by atoms with van der Waals surface area (Å²) < 4.78 is 54.7. The van der Waals surface area contributed by atoms with Crippen molar-refractivity contribution in [2.75, 3.05) is 40.3 Å². The predicted molar refractivity (Wildman–Crippen MR) is 319 cm³/mol. The fraction of sp³-hybridized carbons (Fsp3) is 0.276. The van der Waals surface area contributed by atoms with Crippen molar-refractivity contribution < 1.29 is 16.8 Å². The van der Waals surface area contributed by atoms with Gasteiger partial charge in [-0.15, -0.1) is 0 Å². The molecule has 4 aliphatic rings. The zero-order chi connectivity index (χ0) is 57.7. The number of pyridine rings is 2. The minimum absolute atomic E-state index is 0.0390. The number of halogens is 1. The van der Waals surface area contributed by atoms with E-state index >= 15 is 0 Å². The molecule has 22 nitrogen and oxygen atoms in total. The smallest absolute Gasteiger partial charge is 0.227 e. The van der Waals surface area contributed by atoms with E-state index in [0.717, 1.165) is 83.3 Å². The Labute approximate surface area is 483 Å². The van der Waals surface area contributed by atoms with Gasteiger partial charge in [0.05, 0.1) is 35.2 Å². The highest BCUT2D eigenvalue weighted by atomic mass is 35.5. The molecule has 2 aromatic carbocycles. The molecule has 4 saturated heterocycles. The Morgan fingerprint density at radius 2 is 0.964 bits per heavy atom. The first-order valence-electron chi connectivity index (χ1n) is 27.1. The number of nitrogens with zero attached hydrogens (tertiary/aromatic N) is 13. The number of hydrogen-bond donors (Lipinski definition) is 5. The van der Waals surface area contributed by atoms with Crippen LogP contribution in [0.3, 0.4) is 0 Å². The number of nitrogen functional groups attached to an aromatic ring is 4. The van der Waals surface area contributed by atoms with Crippen LogP contribution in [0.4, 0.5) is 29.2 Å². The van der Waals surface area contributed by atoms with Gasteiger partial charge in [0.15, 0.2) is 31.0 Å². The molecule has 0 amide bonds. The van der Waals surface area contributed by atoms with Crippen molar-refractivity contribution in [2.24, 2.45) is 0 Å². The van der Waals surface area contributed by atoms with E-state index in [1.54, 1.807) is 43.1 Å². The van der Waals surface area contributed by atoms with Gasteiger partial charge in [-0.2, -0.15) is 24.2 Å². The van der Waals surface area contributed by atoms with Crippen LogP contribution in [0.15, 0.2) is 144 Å². The first kappa shape index (κ1) is 54.9. The molecule has 25 heteroatoms. The molecule has 4 bridgehead atoms. The fourth-order valence-corrected chi connectivity index (χ4v) is 14.5. The van der Waals surface area contributed by atoms with Crippen LogP contribution in [0.1, 0.15) is 74.6 Å². The lowest BCUT2D eigenvalue weighted by molar-refractivity contribution is 0.355. The third-order valence-corrected chi connectivity index (χ3v) is 18.4. The van der Waals surface area contributed by atoms with Crippen LogP contribution in [0.25, 0.3) is 56.1 Å². The summed E-state index contributed by atoms with van der Waals surface area (Å²) in [5, 5.41) is 12.6. The largest absolute Gasteiger partial charge is 0.384 e. The number of nitrogens with one attached hydrogen (secondary N) is 1. The van der Waals surface area contributed by atoms with E-state index in [1.165, 1.54) is 27.7 Å². The Kier molecular flexibility index (Phi) is 14.7. The summed E-state index contributed by atoms with van der Waals surface area (Å²) in [6.45, 7) is 0. The maximum Gasteiger partial charge on any atom is 0.227 e. The zero-order valence-corrected chi connectivity index (χ0v) is 47.7. The molecule has 12 heterocycles. The average molecular weight is 1170 g/mol. The second kappa shape index (κ2) is 22.2. The molecule has 4 fully saturated rings. The Morgan fingerprint density at radius 1 is 0.506 bits per heavy atom. The highest BCUT2D eigenvalue weighted by molar-refractivity contribution is 7.91. The quantitative estimate of drug-likeness (QED) is 0.0858. The van der Waals surface area contributed by atoms with Crippen LogP contribution in [0.5, 0.6) is 0 Å². The molecule has 424 valence electrons. The number of anilines is 5. The molecular weight excluding hydrogens is 1110 g/mol. The zero-order valence-electron chi connectivity index (χ0n) is 45.3. The van der Waals surface area contributed by atoms with Gasteiger partial charge in [0.25, 0.3) is 0 Å². The molecule has 14 rings (SSSR count). The lowest BCUT2D eigenvalue weighted by Gasteiger charge is -2.39. The summed E-state index contributed by atoms with van der Waals surface area (Å²) >= 11 is 5.34. The van der Waals surface area contributed by atoms with Gasteiger partial charge in [-0.3, -0.25) is 9.97 Å². The van der Waals surface area contributed by atoms with Gasteiger partial charge in [-0.05, 0) is 87.2 Å². The van der Waals surface area contributed by atoms with E-state index in [1.807, 2.05) is 84.9 Å². The van der Waals surface area contributed by atoms with Crippen LogP contribution in [-0.4, -0.2) is 113 Å². The van der Waals surface area contributed by atoms with Crippen molar-refractivity contribution in [3.63, 3.8) is 0 Å². The molecule has 9 N–H and O–H groups in total. The number of benzene rings is 2. The molecule has 0 saturated carbocycles. The Hall–Kier alpha value is -8.71. The molecule has 0 spiro atoms. The first-order valence-corrected chi connectivity index (χ1v) is 31.3. The Bertz CT molecular complexity index is 4230. The second-order valence-corrected chi connectivity index (χ2v) is 25.7. The van der Waals surface area contributed by atoms with Crippen LogP contribution in [0.2, 0.25) is 5.28 Å². The van der Waals surface area contributed by atoms with E-state index in [9.17, 15) is 16.8 Å². The number of aromatic nitrogens is 12. The number of piperidine rings is 2. The molecule has 10 aromatic rings. The van der Waals surface area contributed by atoms with E-state index < -0.39 is 19.7 Å². The van der Waals surface area contributed by atoms with Gasteiger partial charge in [0.2, 0.25) is 11.2 Å². The van der Waals surface area contributed by atoms with Crippen molar-refractivity contribution in [1.82, 2.24) is 64.4 Å². The van der Waals surface area contributed by atoms with Crippen LogP contribution < -0.4 is 33.2 Å². The molecule has 8 aromatic heterocycles. The van der Waals surface area contributed by atoms with Gasteiger partial charge < -0.3 is 33.2 Å². The predicted octanol–water partition coefficient (Wildman–Crippen LogP) is 7.89. The van der Waals surface area contributed by atoms with E-state index in [2.05, 4.69) is 50.3 Å². The monoisotopic (exact) mass is 1170 g/mol. The van der Waals surface area contributed by atoms with Gasteiger partial charge in [-0.1, -0.05) is 72.8 Å². The number of fused-ring (bicyclic) bond motifs is 6. The van der Waals surface area contributed by atoms with Gasteiger partial charge in [-0.25, -0.2) is 41.8 Å². The second-order valence-electron chi connectivity index (χ2n) is 21.4. The van der Waals surface area contributed by atoms with Gasteiger partial charge >= 0.3 is 0 Å². The lowest BCUT2D eigenvalue weighted by atomic mass is 9.88. The number of sulfone groups is 2. The molecule has 6 atom stereocenters. The minimum Gasteiger partial charge on any atom is -0.384 e. The normalized spacial score (nSPS) is 20.2. The molecule has 0 radical (unpaired) electrons. The Morgan fingerprint density at radius 3 is 1.37 bits per heavy atom. The van der Waals surface area contributed by atoms with E-state index in [-0.39, 0.29) is 50.6 Å². The lowest BCUT2D eigenvalue weighted by Crippen LogP contribution is -2.43. The minimum atomic E-state index is -3.70. The summed E-state index contributed by atoms with van der Waals surface area (Å²) in [5.41, 5.74) is 33.2. The van der Waals surface area contributed by atoms with Gasteiger partial charge in [0.1, 0.15) is 33.1 Å². The highest BCUT2D eigenvalue weighted by Gasteiger charge is 2.45. The topological polar surface area (TPSA) is 325 Å². The maximum atomic E-state index is 13.1. The van der Waals surface area contributed by atoms with Crippen molar-refractivity contribution >= 4 is 71.8 Å². The number of rotatable bonds is 9. The Balaban J connectivity index is 0.000000146. The van der Waals surface area contributed by atoms with Crippen LogP contribution in [0, 0.1) is 0 Å². The summed E-state index contributed by atoms with van der Waals surface area (Å²) in [7, 11) is -7.29. The highest BCUT2D eigenvalue weighted by Crippen LogP contribution is 2.47. The van der Waals surface area contributed by atoms with E-state index in [0.29, 0.717) is 65.2 Å². The standard InChI is InChI=1S/C29H29N9O2S.C25H26N6O2S.C4H4ClN3/c1-41(39,40)26-25(19-13-20-8-9-21(14-19)37(20)29-32-12-11-24(30)35-29)36-28-22(16-34-38(28)27(26)31)18-7-10-23(33-15-18)17-5-3-2-4-6-17;1-34(32,33)23-22(17-11-18-8-9-19(12-17)29-18)30-25-20(14-28-31(25)24(23)26)16-7-10-21(27-13-16)15-5-3-2-4-6-15;5-4-7-2-1-3(6)8-4/h2-7,10-12,15-16,19-21H,8-9,13-14,31H2,1H3,(H2,30,32,35);2-7,10,13-14,17-19,29H,8-9,11-12,26H2,1H3;1-2H,(H2,6,7,8)/t19?,20-,21+;17?,18-,19+;. The van der Waals surface area contributed by atoms with Crippen LogP contribution in [-0.2, 0) is 19.7 Å². The summed E-state index contributed by atoms with van der Waals surface area (Å²) in [6, 6.07) is 32.1. The molecule has 0 aliphatic carbocycles. The van der Waals surface area contributed by atoms with E-state index in [4.69, 9.17) is 44.5 Å². The van der Waals surface area contributed by atoms with Crippen molar-refractivity contribution in [1.29, 1.82) is 0 Å². The third-order valence-electron chi connectivity index (χ3n) is 15.9. The average Bonchev–Trinajstić information content (AvgIpc) is 3.07. The maximum absolute atomic E-state index is 13.1. The molecule has 83 heavy (non-hydrogen) atoms. The SMILES string of the molecule is CS(=O)(=O)c1c(C2C[C@H]3CC[C@@H](C2)N3)nc2c(-c3ccc(-c4ccccc4)nc3)cnn2c1N.CS(=O)(=O)c1c(C2C[C@H]3CC[C@@H](C2)N3c2nccc(N)n2)nc2c(-c3ccc(-c4ccccc4)nc3)cnn2c1N.Nc1ccnc(Cl)n1. The fourth-order valence-electron chi connectivity index (χ4n) is 12.3. The molecule has 4 aliphatic heterocycles. The molecular formula is C58H59ClN18O4S2. The molecule has 2 unspecified atom stereocenters. The summed E-state index contributed by atoms with van der Waals surface area (Å²) in [6.07, 6.45) is 19.8. The van der Waals surface area contributed by atoms with Crippen molar-refractivity contribution in [3.05, 3.63) is 151 Å². The van der Waals surface area contributed by atoms with Gasteiger partial charge in [0, 0.05) is 107 Å². The summed E-state index contributed by atoms with van der Waals surface area (Å²) in [5.74, 6) is 1.56. The van der Waals surface area contributed by atoms with Crippen LogP contribution >= 0.6 is 11.6 Å².